The molecule has 3 heteroatoms. The molecule has 96 valence electrons. The molecule has 0 bridgehead atoms. The molecule has 0 heterocycles. The van der Waals surface area contributed by atoms with Crippen LogP contribution in [0, 0.1) is 0 Å². The van der Waals surface area contributed by atoms with Crippen molar-refractivity contribution in [3.05, 3.63) is 71.8 Å². The van der Waals surface area contributed by atoms with E-state index < -0.39 is 0 Å². The number of aliphatic hydroxyl groups is 1. The van der Waals surface area contributed by atoms with Crippen molar-refractivity contribution in [2.45, 2.75) is 0 Å². The highest BCUT2D eigenvalue weighted by Crippen LogP contribution is 2.24. The average molecular weight is 254 g/mol. The first-order valence-electron chi connectivity index (χ1n) is 5.85. The molecule has 0 saturated heterocycles. The van der Waals surface area contributed by atoms with Crippen LogP contribution in [0.25, 0.3) is 5.57 Å². The maximum absolute atomic E-state index is 12.2. The quantitative estimate of drug-likeness (QED) is 0.825. The summed E-state index contributed by atoms with van der Waals surface area (Å²) >= 11 is 0. The number of aromatic hydroxyl groups is 1. The molecule has 0 amide bonds. The molecule has 0 saturated carbocycles. The van der Waals surface area contributed by atoms with Crippen molar-refractivity contribution in [2.24, 2.45) is 0 Å². The number of hydrogen-bond donors (Lipinski definition) is 2. The maximum atomic E-state index is 12.2. The third-order valence-electron chi connectivity index (χ3n) is 2.88. The van der Waals surface area contributed by atoms with Crippen LogP contribution in [0.15, 0.2) is 55.1 Å². The van der Waals surface area contributed by atoms with Crippen LogP contribution in [-0.2, 0) is 0 Å². The fourth-order valence-corrected chi connectivity index (χ4v) is 1.78. The van der Waals surface area contributed by atoms with Crippen molar-refractivity contribution in [3.8, 4) is 5.75 Å². The van der Waals surface area contributed by atoms with Crippen LogP contribution in [0.1, 0.15) is 21.5 Å². The number of ketones is 1. The standard InChI is InChI=1S/C16H14O3/c1-11(10-17)13-7-8-14(15(18)9-13)16(19)12-5-3-2-4-6-12/h2-9,17-18H,1,10H2. The number of phenolic OH excluding ortho intramolecular Hbond substituents is 1. The molecular weight excluding hydrogens is 240 g/mol. The minimum absolute atomic E-state index is 0.110. The Morgan fingerprint density at radius 3 is 2.32 bits per heavy atom. The summed E-state index contributed by atoms with van der Waals surface area (Å²) in [6, 6.07) is 13.4. The van der Waals surface area contributed by atoms with Crippen LogP contribution in [0.4, 0.5) is 0 Å². The van der Waals surface area contributed by atoms with E-state index in [0.29, 0.717) is 16.7 Å². The molecule has 0 radical (unpaired) electrons. The first kappa shape index (κ1) is 13.1. The Kier molecular flexibility index (Phi) is 3.78. The second kappa shape index (κ2) is 5.50. The lowest BCUT2D eigenvalue weighted by Crippen LogP contribution is -2.02. The molecule has 2 rings (SSSR count). The Morgan fingerprint density at radius 1 is 1.05 bits per heavy atom. The number of rotatable bonds is 4. The minimum atomic E-state index is -0.237. The Labute approximate surface area is 111 Å². The lowest BCUT2D eigenvalue weighted by molar-refractivity contribution is 0.103. The number of carbonyl (C=O) groups is 1. The van der Waals surface area contributed by atoms with Crippen LogP contribution in [0.5, 0.6) is 5.75 Å². The van der Waals surface area contributed by atoms with Crippen molar-refractivity contribution in [1.82, 2.24) is 0 Å². The van der Waals surface area contributed by atoms with E-state index in [1.165, 1.54) is 6.07 Å². The molecular formula is C16H14O3. The van der Waals surface area contributed by atoms with Crippen molar-refractivity contribution >= 4 is 11.4 Å². The lowest BCUT2D eigenvalue weighted by atomic mass is 9.99. The van der Waals surface area contributed by atoms with Crippen LogP contribution >= 0.6 is 0 Å². The van der Waals surface area contributed by atoms with Crippen molar-refractivity contribution in [2.75, 3.05) is 6.61 Å². The van der Waals surface area contributed by atoms with E-state index in [2.05, 4.69) is 6.58 Å². The van der Waals surface area contributed by atoms with Gasteiger partial charge in [-0.15, -0.1) is 0 Å². The van der Waals surface area contributed by atoms with Crippen LogP contribution in [-0.4, -0.2) is 22.6 Å². The van der Waals surface area contributed by atoms with Gasteiger partial charge >= 0.3 is 0 Å². The fraction of sp³-hybridized carbons (Fsp3) is 0.0625. The largest absolute Gasteiger partial charge is 0.507 e. The maximum Gasteiger partial charge on any atom is 0.196 e. The Bertz CT molecular complexity index is 615. The molecule has 3 nitrogen and oxygen atoms in total. The Morgan fingerprint density at radius 2 is 1.74 bits per heavy atom. The van der Waals surface area contributed by atoms with Gasteiger partial charge in [-0.2, -0.15) is 0 Å². The highest BCUT2D eigenvalue weighted by atomic mass is 16.3. The summed E-state index contributed by atoms with van der Waals surface area (Å²) in [6.45, 7) is 3.48. The molecule has 2 N–H and O–H groups in total. The summed E-state index contributed by atoms with van der Waals surface area (Å²) in [5, 5.41) is 18.9. The highest BCUT2D eigenvalue weighted by molar-refractivity contribution is 6.10. The molecule has 0 fully saturated rings. The first-order chi connectivity index (χ1) is 9.13. The minimum Gasteiger partial charge on any atom is -0.507 e. The number of aliphatic hydroxyl groups excluding tert-OH is 1. The van der Waals surface area contributed by atoms with Crippen LogP contribution < -0.4 is 0 Å². The SMILES string of the molecule is C=C(CO)c1ccc(C(=O)c2ccccc2)c(O)c1. The fourth-order valence-electron chi connectivity index (χ4n) is 1.78. The van der Waals surface area contributed by atoms with Crippen LogP contribution in [0.3, 0.4) is 0 Å². The van der Waals surface area contributed by atoms with Gasteiger partial charge in [0.05, 0.1) is 12.2 Å². The van der Waals surface area contributed by atoms with Gasteiger partial charge in [-0.25, -0.2) is 0 Å². The van der Waals surface area contributed by atoms with Crippen LogP contribution in [0.2, 0.25) is 0 Å². The van der Waals surface area contributed by atoms with E-state index in [9.17, 15) is 9.90 Å². The van der Waals surface area contributed by atoms with Gasteiger partial charge < -0.3 is 10.2 Å². The smallest absolute Gasteiger partial charge is 0.196 e. The third kappa shape index (κ3) is 2.72. The zero-order valence-electron chi connectivity index (χ0n) is 10.3. The van der Waals surface area contributed by atoms with E-state index in [1.54, 1.807) is 36.4 Å². The van der Waals surface area contributed by atoms with Gasteiger partial charge in [-0.3, -0.25) is 4.79 Å². The summed E-state index contributed by atoms with van der Waals surface area (Å²) < 4.78 is 0. The number of carbonyl (C=O) groups excluding carboxylic acids is 1. The zero-order valence-corrected chi connectivity index (χ0v) is 10.3. The topological polar surface area (TPSA) is 57.5 Å². The molecule has 0 aromatic heterocycles. The number of benzene rings is 2. The second-order valence-electron chi connectivity index (χ2n) is 4.19. The second-order valence-corrected chi connectivity index (χ2v) is 4.19. The van der Waals surface area contributed by atoms with E-state index >= 15 is 0 Å². The Balaban J connectivity index is 2.37. The monoisotopic (exact) mass is 254 g/mol. The summed E-state index contributed by atoms with van der Waals surface area (Å²) in [7, 11) is 0. The van der Waals surface area contributed by atoms with E-state index in [0.717, 1.165) is 0 Å². The molecule has 0 unspecified atom stereocenters. The van der Waals surface area contributed by atoms with Gasteiger partial charge in [-0.05, 0) is 23.3 Å². The van der Waals surface area contributed by atoms with Gasteiger partial charge in [0, 0.05) is 5.56 Å². The zero-order chi connectivity index (χ0) is 13.8. The molecule has 2 aromatic rings. The molecule has 0 atom stereocenters. The van der Waals surface area contributed by atoms with Gasteiger partial charge in [0.1, 0.15) is 5.75 Å². The van der Waals surface area contributed by atoms with Gasteiger partial charge in [-0.1, -0.05) is 43.0 Å². The molecule has 2 aromatic carbocycles. The van der Waals surface area contributed by atoms with E-state index in [-0.39, 0.29) is 23.7 Å². The van der Waals surface area contributed by atoms with Gasteiger partial charge in [0.15, 0.2) is 5.78 Å². The first-order valence-corrected chi connectivity index (χ1v) is 5.85. The average Bonchev–Trinajstić information content (AvgIpc) is 2.46. The lowest BCUT2D eigenvalue weighted by Gasteiger charge is -2.07. The van der Waals surface area contributed by atoms with Crippen molar-refractivity contribution in [3.63, 3.8) is 0 Å². The molecule has 19 heavy (non-hydrogen) atoms. The molecule has 0 aliphatic heterocycles. The molecule has 0 spiro atoms. The molecule has 0 aliphatic rings. The predicted octanol–water partition coefficient (Wildman–Crippen LogP) is 2.63. The summed E-state index contributed by atoms with van der Waals surface area (Å²) in [5.41, 5.74) is 1.87. The van der Waals surface area contributed by atoms with Crippen molar-refractivity contribution in [1.29, 1.82) is 0 Å². The summed E-state index contributed by atoms with van der Waals surface area (Å²) in [4.78, 5) is 12.2. The normalized spacial score (nSPS) is 10.2. The summed E-state index contributed by atoms with van der Waals surface area (Å²) in [6.07, 6.45) is 0. The van der Waals surface area contributed by atoms with Gasteiger partial charge in [0.2, 0.25) is 0 Å². The Hall–Kier alpha value is -2.39. The van der Waals surface area contributed by atoms with E-state index in [4.69, 9.17) is 5.11 Å². The number of hydrogen-bond acceptors (Lipinski definition) is 3. The van der Waals surface area contributed by atoms with Gasteiger partial charge in [0.25, 0.3) is 0 Å². The third-order valence-corrected chi connectivity index (χ3v) is 2.88. The number of phenols is 1. The highest BCUT2D eigenvalue weighted by Gasteiger charge is 2.14. The predicted molar refractivity (Wildman–Crippen MR) is 74.1 cm³/mol. The molecule has 0 aliphatic carbocycles. The van der Waals surface area contributed by atoms with E-state index in [1.807, 2.05) is 6.07 Å². The summed E-state index contributed by atoms with van der Waals surface area (Å²) in [5.74, 6) is -0.347. The van der Waals surface area contributed by atoms with Crippen molar-refractivity contribution < 1.29 is 15.0 Å².